The first-order valence-electron chi connectivity index (χ1n) is 8.60. The lowest BCUT2D eigenvalue weighted by Gasteiger charge is -2.23. The van der Waals surface area contributed by atoms with Crippen LogP contribution in [0.15, 0.2) is 51.9 Å². The largest absolute Gasteiger partial charge is 0.506 e. The highest BCUT2D eigenvalue weighted by Crippen LogP contribution is 2.27. The van der Waals surface area contributed by atoms with Gasteiger partial charge in [-0.15, -0.1) is 0 Å². The second-order valence-electron chi connectivity index (χ2n) is 6.43. The minimum atomic E-state index is 0.00979. The molecule has 0 unspecified atom stereocenters. The Labute approximate surface area is 168 Å². The van der Waals surface area contributed by atoms with Crippen LogP contribution in [0.3, 0.4) is 0 Å². The summed E-state index contributed by atoms with van der Waals surface area (Å²) in [6.45, 7) is 1.76. The molecule has 0 saturated heterocycles. The molecular weight excluding hydrogens is 406 g/mol. The zero-order valence-corrected chi connectivity index (χ0v) is 17.4. The molecule has 27 heavy (non-hydrogen) atoms. The maximum atomic E-state index is 10.2. The number of hydrogen-bond acceptors (Lipinski definition) is 4. The first kappa shape index (κ1) is 20.7. The maximum Gasteiger partial charge on any atom is 0.203 e. The maximum absolute atomic E-state index is 10.2. The molecule has 0 heterocycles. The number of phenolic OH excluding ortho intramolecular Hbond substituents is 1. The van der Waals surface area contributed by atoms with E-state index in [9.17, 15) is 5.11 Å². The van der Waals surface area contributed by atoms with Gasteiger partial charge in [-0.25, -0.2) is 4.99 Å². The van der Waals surface area contributed by atoms with E-state index in [1.807, 2.05) is 56.4 Å². The van der Waals surface area contributed by atoms with Crippen LogP contribution in [-0.2, 0) is 0 Å². The molecule has 0 fully saturated rings. The van der Waals surface area contributed by atoms with Crippen molar-refractivity contribution < 1.29 is 5.11 Å². The highest BCUT2D eigenvalue weighted by atomic mass is 79.9. The zero-order valence-electron chi connectivity index (χ0n) is 15.8. The number of hydrogen-bond donors (Lipinski definition) is 2. The van der Waals surface area contributed by atoms with Crippen molar-refractivity contribution in [1.29, 1.82) is 5.26 Å². The Bertz CT molecular complexity index is 845. The summed E-state index contributed by atoms with van der Waals surface area (Å²) in [5.41, 5.74) is 1.69. The Kier molecular flexibility index (Phi) is 7.65. The summed E-state index contributed by atoms with van der Waals surface area (Å²) in [4.78, 5) is 8.88. The Morgan fingerprint density at radius 2 is 1.93 bits per heavy atom. The number of nitriles is 1. The summed E-state index contributed by atoms with van der Waals surface area (Å²) in [6.07, 6.45) is 0.972. The molecule has 0 aliphatic carbocycles. The molecule has 0 saturated carbocycles. The van der Waals surface area contributed by atoms with Gasteiger partial charge in [0.05, 0.1) is 23.0 Å². The van der Waals surface area contributed by atoms with E-state index in [2.05, 4.69) is 26.1 Å². The van der Waals surface area contributed by atoms with Crippen molar-refractivity contribution >= 4 is 33.3 Å². The van der Waals surface area contributed by atoms with Crippen molar-refractivity contribution in [2.24, 2.45) is 4.99 Å². The number of para-hydroxylation sites is 1. The van der Waals surface area contributed by atoms with Crippen molar-refractivity contribution in [3.8, 4) is 11.8 Å². The summed E-state index contributed by atoms with van der Waals surface area (Å²) < 4.78 is 0.884. The lowest BCUT2D eigenvalue weighted by Crippen LogP contribution is -2.35. The van der Waals surface area contributed by atoms with Crippen LogP contribution in [0.5, 0.6) is 5.75 Å². The van der Waals surface area contributed by atoms with Gasteiger partial charge in [-0.2, -0.15) is 5.26 Å². The van der Waals surface area contributed by atoms with Crippen LogP contribution in [0, 0.1) is 11.3 Å². The van der Waals surface area contributed by atoms with E-state index in [4.69, 9.17) is 10.3 Å². The lowest BCUT2D eigenvalue weighted by molar-refractivity contribution is 0.369. The number of anilines is 1. The molecule has 0 aromatic heterocycles. The van der Waals surface area contributed by atoms with Crippen LogP contribution in [0.2, 0.25) is 0 Å². The molecule has 142 valence electrons. The quantitative estimate of drug-likeness (QED) is 0.412. The van der Waals surface area contributed by atoms with E-state index in [1.165, 1.54) is 6.07 Å². The predicted octanol–water partition coefficient (Wildman–Crippen LogP) is 4.01. The minimum absolute atomic E-state index is 0.00979. The fraction of sp³-hybridized carbons (Fsp3) is 0.300. The van der Waals surface area contributed by atoms with Crippen LogP contribution in [0.1, 0.15) is 12.0 Å². The normalized spacial score (nSPS) is 11.3. The number of nitrogens with one attached hydrogen (secondary N) is 1. The van der Waals surface area contributed by atoms with E-state index in [0.29, 0.717) is 17.2 Å². The van der Waals surface area contributed by atoms with Crippen LogP contribution in [-0.4, -0.2) is 55.1 Å². The summed E-state index contributed by atoms with van der Waals surface area (Å²) >= 11 is 3.52. The van der Waals surface area contributed by atoms with Gasteiger partial charge < -0.3 is 20.2 Å². The topological polar surface area (TPSA) is 74.9 Å². The second-order valence-corrected chi connectivity index (χ2v) is 7.29. The fourth-order valence-electron chi connectivity index (χ4n) is 2.42. The molecule has 0 spiro atoms. The lowest BCUT2D eigenvalue weighted by atomic mass is 10.2. The molecule has 0 aliphatic heterocycles. The third kappa shape index (κ3) is 6.27. The van der Waals surface area contributed by atoms with Crippen molar-refractivity contribution in [2.45, 2.75) is 6.42 Å². The number of nitrogens with zero attached hydrogens (tertiary/aromatic N) is 4. The molecule has 0 amide bonds. The fourth-order valence-corrected chi connectivity index (χ4v) is 2.80. The smallest absolute Gasteiger partial charge is 0.203 e. The summed E-state index contributed by atoms with van der Waals surface area (Å²) in [5.74, 6) is 0.622. The van der Waals surface area contributed by atoms with Crippen molar-refractivity contribution in [3.05, 3.63) is 52.5 Å². The number of aliphatic imine (C=N–C) groups is 1. The standard InChI is InChI=1S/C20H24BrN5O/c1-25(2)11-6-12-26(3)20(23-17-8-5-4-7-16(17)21)24-18-10-9-15(14-22)13-19(18)27/h4-5,7-10,13,27H,6,11-12H2,1-3H3,(H,23,24). The Hall–Kier alpha value is -2.56. The molecule has 2 aromatic rings. The van der Waals surface area contributed by atoms with Gasteiger partial charge in [0.15, 0.2) is 0 Å². The molecule has 0 bridgehead atoms. The molecule has 0 atom stereocenters. The SMILES string of the molecule is CN(C)CCCN(C)C(=Nc1ccccc1Br)Nc1ccc(C#N)cc1O. The van der Waals surface area contributed by atoms with Crippen LogP contribution in [0.25, 0.3) is 0 Å². The van der Waals surface area contributed by atoms with E-state index in [1.54, 1.807) is 12.1 Å². The summed E-state index contributed by atoms with van der Waals surface area (Å²) in [5, 5.41) is 22.4. The molecule has 7 heteroatoms. The van der Waals surface area contributed by atoms with Gasteiger partial charge in [-0.05, 0) is 73.3 Å². The van der Waals surface area contributed by atoms with Gasteiger partial charge in [0.1, 0.15) is 5.75 Å². The minimum Gasteiger partial charge on any atom is -0.506 e. The molecule has 0 aliphatic rings. The highest BCUT2D eigenvalue weighted by Gasteiger charge is 2.12. The Balaban J connectivity index is 2.29. The Morgan fingerprint density at radius 3 is 2.56 bits per heavy atom. The summed E-state index contributed by atoms with van der Waals surface area (Å²) in [6, 6.07) is 14.5. The first-order chi connectivity index (χ1) is 12.9. The van der Waals surface area contributed by atoms with Crippen LogP contribution >= 0.6 is 15.9 Å². The second kappa shape index (κ2) is 9.95. The van der Waals surface area contributed by atoms with E-state index in [-0.39, 0.29) is 5.75 Å². The summed E-state index contributed by atoms with van der Waals surface area (Å²) in [7, 11) is 6.05. The van der Waals surface area contributed by atoms with Crippen molar-refractivity contribution in [1.82, 2.24) is 9.80 Å². The van der Waals surface area contributed by atoms with Gasteiger partial charge in [0.25, 0.3) is 0 Å². The van der Waals surface area contributed by atoms with Crippen LogP contribution < -0.4 is 5.32 Å². The monoisotopic (exact) mass is 429 g/mol. The molecule has 0 radical (unpaired) electrons. The highest BCUT2D eigenvalue weighted by molar-refractivity contribution is 9.10. The third-order valence-electron chi connectivity index (χ3n) is 3.91. The van der Waals surface area contributed by atoms with Crippen molar-refractivity contribution in [2.75, 3.05) is 39.5 Å². The average Bonchev–Trinajstić information content (AvgIpc) is 2.63. The van der Waals surface area contributed by atoms with E-state index < -0.39 is 0 Å². The molecular formula is C20H24BrN5O. The molecule has 2 aromatic carbocycles. The zero-order chi connectivity index (χ0) is 19.8. The van der Waals surface area contributed by atoms with Gasteiger partial charge >= 0.3 is 0 Å². The Morgan fingerprint density at radius 1 is 1.19 bits per heavy atom. The first-order valence-corrected chi connectivity index (χ1v) is 9.39. The number of halogens is 1. The predicted molar refractivity (Wildman–Crippen MR) is 113 cm³/mol. The molecule has 2 rings (SSSR count). The van der Waals surface area contributed by atoms with Gasteiger partial charge in [0.2, 0.25) is 5.96 Å². The van der Waals surface area contributed by atoms with E-state index in [0.717, 1.165) is 29.7 Å². The number of rotatable bonds is 6. The van der Waals surface area contributed by atoms with Crippen molar-refractivity contribution in [3.63, 3.8) is 0 Å². The molecule has 6 nitrogen and oxygen atoms in total. The van der Waals surface area contributed by atoms with Gasteiger partial charge in [-0.3, -0.25) is 0 Å². The number of benzene rings is 2. The van der Waals surface area contributed by atoms with Crippen LogP contribution in [0.4, 0.5) is 11.4 Å². The third-order valence-corrected chi connectivity index (χ3v) is 4.58. The van der Waals surface area contributed by atoms with Gasteiger partial charge in [0, 0.05) is 18.1 Å². The van der Waals surface area contributed by atoms with E-state index >= 15 is 0 Å². The number of aromatic hydroxyl groups is 1. The average molecular weight is 430 g/mol. The number of guanidine groups is 1. The molecule has 2 N–H and O–H groups in total. The van der Waals surface area contributed by atoms with Gasteiger partial charge in [-0.1, -0.05) is 12.1 Å². The number of phenols is 1.